The van der Waals surface area contributed by atoms with Crippen LogP contribution in [-0.4, -0.2) is 16.1 Å². The van der Waals surface area contributed by atoms with Crippen molar-refractivity contribution in [3.05, 3.63) is 58.7 Å². The lowest BCUT2D eigenvalue weighted by Gasteiger charge is -2.07. The van der Waals surface area contributed by atoms with Crippen molar-refractivity contribution < 1.29 is 9.90 Å². The van der Waals surface area contributed by atoms with Crippen LogP contribution in [0.2, 0.25) is 5.02 Å². The lowest BCUT2D eigenvalue weighted by molar-refractivity contribution is 0.0697. The number of carboxylic acid groups (broad SMARTS) is 1. The maximum atomic E-state index is 10.9. The highest BCUT2D eigenvalue weighted by Crippen LogP contribution is 2.18. The third kappa shape index (κ3) is 2.99. The van der Waals surface area contributed by atoms with Gasteiger partial charge in [0.2, 0.25) is 0 Å². The molecule has 0 bridgehead atoms. The number of aromatic carboxylic acids is 1. The number of carboxylic acids is 1. The highest BCUT2D eigenvalue weighted by Gasteiger charge is 2.10. The number of rotatable bonds is 4. The second-order valence-corrected chi connectivity index (χ2v) is 4.10. The Hall–Kier alpha value is -2.07. The third-order valence-electron chi connectivity index (χ3n) is 2.40. The number of nitrogens with one attached hydrogen (secondary N) is 1. The van der Waals surface area contributed by atoms with Gasteiger partial charge in [-0.25, -0.2) is 9.78 Å². The van der Waals surface area contributed by atoms with Crippen LogP contribution in [0, 0.1) is 0 Å². The van der Waals surface area contributed by atoms with Crippen LogP contribution in [0.4, 0.5) is 5.82 Å². The van der Waals surface area contributed by atoms with Crippen LogP contribution in [0.25, 0.3) is 0 Å². The molecular weight excluding hydrogens is 252 g/mol. The molecule has 1 aromatic carbocycles. The first-order valence-electron chi connectivity index (χ1n) is 5.33. The van der Waals surface area contributed by atoms with E-state index in [9.17, 15) is 4.79 Å². The number of halogens is 1. The Morgan fingerprint density at radius 3 is 2.72 bits per heavy atom. The highest BCUT2D eigenvalue weighted by molar-refractivity contribution is 6.33. The fourth-order valence-corrected chi connectivity index (χ4v) is 1.67. The molecule has 0 saturated heterocycles. The molecule has 1 heterocycles. The number of aromatic nitrogens is 1. The molecule has 92 valence electrons. The Kier molecular flexibility index (Phi) is 3.79. The number of benzene rings is 1. The molecule has 0 amide bonds. The summed E-state index contributed by atoms with van der Waals surface area (Å²) in [5, 5.41) is 12.1. The molecule has 4 nitrogen and oxygen atoms in total. The van der Waals surface area contributed by atoms with Crippen molar-refractivity contribution in [2.75, 3.05) is 5.32 Å². The van der Waals surface area contributed by atoms with Gasteiger partial charge in [0.1, 0.15) is 5.82 Å². The number of hydrogen-bond donors (Lipinski definition) is 2. The Bertz CT molecular complexity index is 558. The number of carbonyl (C=O) groups is 1. The molecule has 1 aromatic heterocycles. The maximum Gasteiger partial charge on any atom is 0.337 e. The zero-order valence-corrected chi connectivity index (χ0v) is 10.2. The van der Waals surface area contributed by atoms with Crippen LogP contribution in [0.5, 0.6) is 0 Å². The van der Waals surface area contributed by atoms with Crippen LogP contribution in [0.1, 0.15) is 15.9 Å². The minimum Gasteiger partial charge on any atom is -0.478 e. The van der Waals surface area contributed by atoms with E-state index in [0.29, 0.717) is 12.4 Å². The second kappa shape index (κ2) is 5.51. The van der Waals surface area contributed by atoms with Gasteiger partial charge in [0, 0.05) is 12.7 Å². The van der Waals surface area contributed by atoms with Gasteiger partial charge in [0.25, 0.3) is 0 Å². The van der Waals surface area contributed by atoms with E-state index >= 15 is 0 Å². The van der Waals surface area contributed by atoms with Crippen LogP contribution in [0.3, 0.4) is 0 Å². The fraction of sp³-hybridized carbons (Fsp3) is 0.0769. The molecule has 5 heteroatoms. The van der Waals surface area contributed by atoms with E-state index in [1.807, 2.05) is 30.3 Å². The van der Waals surface area contributed by atoms with Gasteiger partial charge in [-0.1, -0.05) is 41.9 Å². The molecule has 0 saturated carbocycles. The Labute approximate surface area is 109 Å². The van der Waals surface area contributed by atoms with Gasteiger partial charge in [0.05, 0.1) is 10.6 Å². The fourth-order valence-electron chi connectivity index (χ4n) is 1.49. The molecule has 0 unspecified atom stereocenters. The summed E-state index contributed by atoms with van der Waals surface area (Å²) in [6.07, 6.45) is 1.33. The molecule has 2 rings (SSSR count). The first-order chi connectivity index (χ1) is 8.66. The van der Waals surface area contributed by atoms with E-state index in [1.165, 1.54) is 12.3 Å². The average molecular weight is 263 g/mol. The minimum absolute atomic E-state index is 0.0437. The lowest BCUT2D eigenvalue weighted by atomic mass is 10.2. The van der Waals surface area contributed by atoms with Gasteiger partial charge in [-0.15, -0.1) is 0 Å². The quantitative estimate of drug-likeness (QED) is 0.889. The summed E-state index contributed by atoms with van der Waals surface area (Å²) in [7, 11) is 0. The Balaban J connectivity index is 2.11. The highest BCUT2D eigenvalue weighted by atomic mass is 35.5. The molecule has 0 aliphatic carbocycles. The number of anilines is 1. The molecular formula is C13H11ClN2O2. The molecule has 2 aromatic rings. The molecule has 0 radical (unpaired) electrons. The van der Waals surface area contributed by atoms with Gasteiger partial charge >= 0.3 is 5.97 Å². The van der Waals surface area contributed by atoms with E-state index in [1.54, 1.807) is 0 Å². The van der Waals surface area contributed by atoms with Crippen molar-refractivity contribution in [2.45, 2.75) is 6.54 Å². The number of hydrogen-bond acceptors (Lipinski definition) is 3. The predicted molar refractivity (Wildman–Crippen MR) is 70.0 cm³/mol. The molecule has 0 aliphatic heterocycles. The predicted octanol–water partition coefficient (Wildman–Crippen LogP) is 3.05. The normalized spacial score (nSPS) is 10.1. The summed E-state index contributed by atoms with van der Waals surface area (Å²) in [6, 6.07) is 11.2. The summed E-state index contributed by atoms with van der Waals surface area (Å²) in [5.74, 6) is -0.578. The van der Waals surface area contributed by atoms with Crippen molar-refractivity contribution in [2.24, 2.45) is 0 Å². The maximum absolute atomic E-state index is 10.9. The molecule has 0 atom stereocenters. The van der Waals surface area contributed by atoms with Gasteiger partial charge < -0.3 is 10.4 Å². The zero-order chi connectivity index (χ0) is 13.0. The Morgan fingerprint density at radius 2 is 2.06 bits per heavy atom. The standard InChI is InChI=1S/C13H11ClN2O2/c14-11-8-16-12(6-10(11)13(17)18)15-7-9-4-2-1-3-5-9/h1-6,8H,7H2,(H,15,16)(H,17,18). The van der Waals surface area contributed by atoms with E-state index in [4.69, 9.17) is 16.7 Å². The summed E-state index contributed by atoms with van der Waals surface area (Å²) in [6.45, 7) is 0.578. The van der Waals surface area contributed by atoms with Crippen molar-refractivity contribution in [3.8, 4) is 0 Å². The summed E-state index contributed by atoms with van der Waals surface area (Å²) in [4.78, 5) is 14.9. The summed E-state index contributed by atoms with van der Waals surface area (Å²) >= 11 is 5.74. The first kappa shape index (κ1) is 12.4. The van der Waals surface area contributed by atoms with E-state index in [0.717, 1.165) is 5.56 Å². The minimum atomic E-state index is -1.06. The molecule has 2 N–H and O–H groups in total. The third-order valence-corrected chi connectivity index (χ3v) is 2.70. The Morgan fingerprint density at radius 1 is 1.33 bits per heavy atom. The van der Waals surface area contributed by atoms with Crippen molar-refractivity contribution in [1.29, 1.82) is 0 Å². The van der Waals surface area contributed by atoms with Gasteiger partial charge in [-0.3, -0.25) is 0 Å². The largest absolute Gasteiger partial charge is 0.478 e. The summed E-state index contributed by atoms with van der Waals surface area (Å²) in [5.41, 5.74) is 1.13. The van der Waals surface area contributed by atoms with Gasteiger partial charge in [0.15, 0.2) is 0 Å². The molecule has 0 spiro atoms. The van der Waals surface area contributed by atoms with Gasteiger partial charge in [-0.2, -0.15) is 0 Å². The number of nitrogens with zero attached hydrogens (tertiary/aromatic N) is 1. The van der Waals surface area contributed by atoms with Crippen LogP contribution < -0.4 is 5.32 Å². The van der Waals surface area contributed by atoms with Crippen molar-refractivity contribution in [1.82, 2.24) is 4.98 Å². The lowest BCUT2D eigenvalue weighted by Crippen LogP contribution is -2.04. The van der Waals surface area contributed by atoms with Crippen LogP contribution in [-0.2, 0) is 6.54 Å². The van der Waals surface area contributed by atoms with E-state index < -0.39 is 5.97 Å². The van der Waals surface area contributed by atoms with Crippen LogP contribution >= 0.6 is 11.6 Å². The van der Waals surface area contributed by atoms with Gasteiger partial charge in [-0.05, 0) is 11.6 Å². The van der Waals surface area contributed by atoms with Crippen molar-refractivity contribution in [3.63, 3.8) is 0 Å². The second-order valence-electron chi connectivity index (χ2n) is 3.69. The number of pyridine rings is 1. The summed E-state index contributed by atoms with van der Waals surface area (Å²) < 4.78 is 0. The van der Waals surface area contributed by atoms with Crippen molar-refractivity contribution >= 4 is 23.4 Å². The zero-order valence-electron chi connectivity index (χ0n) is 9.43. The van der Waals surface area contributed by atoms with E-state index in [2.05, 4.69) is 10.3 Å². The van der Waals surface area contributed by atoms with E-state index in [-0.39, 0.29) is 10.6 Å². The smallest absolute Gasteiger partial charge is 0.337 e. The van der Waals surface area contributed by atoms with Crippen LogP contribution in [0.15, 0.2) is 42.6 Å². The molecule has 0 fully saturated rings. The monoisotopic (exact) mass is 262 g/mol. The molecule has 18 heavy (non-hydrogen) atoms. The topological polar surface area (TPSA) is 62.2 Å². The SMILES string of the molecule is O=C(O)c1cc(NCc2ccccc2)ncc1Cl. The molecule has 0 aliphatic rings. The average Bonchev–Trinajstić information content (AvgIpc) is 2.38. The first-order valence-corrected chi connectivity index (χ1v) is 5.71.